The lowest BCUT2D eigenvalue weighted by atomic mass is 10.1. The summed E-state index contributed by atoms with van der Waals surface area (Å²) >= 11 is 1.57. The van der Waals surface area contributed by atoms with Gasteiger partial charge in [0.2, 0.25) is 12.0 Å². The Morgan fingerprint density at radius 2 is 1.83 bits per heavy atom. The van der Waals surface area contributed by atoms with Crippen LogP contribution in [-0.2, 0) is 14.3 Å². The molecule has 0 radical (unpaired) electrons. The second-order valence-electron chi connectivity index (χ2n) is 7.09. The van der Waals surface area contributed by atoms with Gasteiger partial charge in [0.1, 0.15) is 0 Å². The highest BCUT2D eigenvalue weighted by Gasteiger charge is 2.31. The zero-order chi connectivity index (χ0) is 20.2. The lowest BCUT2D eigenvalue weighted by Gasteiger charge is -2.23. The normalized spacial score (nSPS) is 17.1. The van der Waals surface area contributed by atoms with Crippen molar-refractivity contribution < 1.29 is 19.1 Å². The van der Waals surface area contributed by atoms with Crippen molar-refractivity contribution in [2.45, 2.75) is 30.3 Å². The van der Waals surface area contributed by atoms with Crippen molar-refractivity contribution in [1.29, 1.82) is 0 Å². The zero-order valence-electron chi connectivity index (χ0n) is 15.9. The van der Waals surface area contributed by atoms with Crippen LogP contribution in [-0.4, -0.2) is 41.5 Å². The molecule has 1 saturated heterocycles. The van der Waals surface area contributed by atoms with Gasteiger partial charge in [-0.3, -0.25) is 9.59 Å². The van der Waals surface area contributed by atoms with Crippen LogP contribution in [0.2, 0.25) is 0 Å². The third kappa shape index (κ3) is 4.45. The van der Waals surface area contributed by atoms with Gasteiger partial charge in [-0.2, -0.15) is 0 Å². The standard InChI is InChI=1S/C22H22N2O4S/c25-19-10-13-29-18-9-8-16(14-17(18)23-19)22(27)28-20(15-6-2-1-3-7-15)21(26)24-11-4-5-12-24/h1-3,6-9,14,20H,4-5,10-13H2,(H,23,25)/t20-/m0/s1. The van der Waals surface area contributed by atoms with E-state index in [9.17, 15) is 14.4 Å². The van der Waals surface area contributed by atoms with Crippen molar-refractivity contribution in [2.75, 3.05) is 24.2 Å². The van der Waals surface area contributed by atoms with Gasteiger partial charge in [-0.15, -0.1) is 11.8 Å². The van der Waals surface area contributed by atoms with Crippen LogP contribution in [0.25, 0.3) is 0 Å². The molecule has 4 rings (SSSR count). The predicted octanol–water partition coefficient (Wildman–Crippen LogP) is 3.64. The lowest BCUT2D eigenvalue weighted by Crippen LogP contribution is -2.34. The second-order valence-corrected chi connectivity index (χ2v) is 8.22. The largest absolute Gasteiger partial charge is 0.444 e. The van der Waals surface area contributed by atoms with E-state index in [4.69, 9.17) is 4.74 Å². The van der Waals surface area contributed by atoms with Crippen LogP contribution in [0.4, 0.5) is 5.69 Å². The second kappa shape index (κ2) is 8.69. The maximum atomic E-state index is 13.0. The molecule has 0 unspecified atom stereocenters. The molecular weight excluding hydrogens is 388 g/mol. The van der Waals surface area contributed by atoms with Crippen molar-refractivity contribution in [3.05, 3.63) is 59.7 Å². The third-order valence-electron chi connectivity index (χ3n) is 5.05. The molecule has 29 heavy (non-hydrogen) atoms. The smallest absolute Gasteiger partial charge is 0.339 e. The summed E-state index contributed by atoms with van der Waals surface area (Å²) in [5.74, 6) is -0.158. The lowest BCUT2D eigenvalue weighted by molar-refractivity contribution is -0.140. The molecule has 0 spiro atoms. The average Bonchev–Trinajstić information content (AvgIpc) is 3.21. The number of hydrogen-bond acceptors (Lipinski definition) is 5. The minimum Gasteiger partial charge on any atom is -0.444 e. The fraction of sp³-hybridized carbons (Fsp3) is 0.318. The minimum absolute atomic E-state index is 0.0758. The highest BCUT2D eigenvalue weighted by Crippen LogP contribution is 2.32. The van der Waals surface area contributed by atoms with Crippen molar-refractivity contribution >= 4 is 35.2 Å². The topological polar surface area (TPSA) is 75.7 Å². The maximum Gasteiger partial charge on any atom is 0.339 e. The molecule has 2 aliphatic rings. The minimum atomic E-state index is -0.982. The van der Waals surface area contributed by atoms with E-state index in [1.54, 1.807) is 40.9 Å². The molecule has 0 bridgehead atoms. The molecule has 2 amide bonds. The van der Waals surface area contributed by atoms with Crippen LogP contribution >= 0.6 is 11.8 Å². The first-order valence-electron chi connectivity index (χ1n) is 9.73. The van der Waals surface area contributed by atoms with Crippen molar-refractivity contribution in [2.24, 2.45) is 0 Å². The number of fused-ring (bicyclic) bond motifs is 1. The number of esters is 1. The molecule has 0 aromatic heterocycles. The van der Waals surface area contributed by atoms with E-state index in [1.165, 1.54) is 0 Å². The summed E-state index contributed by atoms with van der Waals surface area (Å²) < 4.78 is 5.70. The SMILES string of the molecule is O=C1CCSc2ccc(C(=O)O[C@H](C(=O)N3CCCC3)c3ccccc3)cc2N1. The summed E-state index contributed by atoms with van der Waals surface area (Å²) in [6.07, 6.45) is 1.37. The van der Waals surface area contributed by atoms with Crippen LogP contribution in [0.5, 0.6) is 0 Å². The molecule has 150 valence electrons. The number of ether oxygens (including phenoxy) is 1. The number of hydrogen-bond donors (Lipinski definition) is 1. The van der Waals surface area contributed by atoms with E-state index in [-0.39, 0.29) is 11.8 Å². The number of amides is 2. The summed E-state index contributed by atoms with van der Waals surface area (Å²) in [5, 5.41) is 2.83. The molecule has 1 N–H and O–H groups in total. The number of anilines is 1. The number of rotatable bonds is 4. The Bertz CT molecular complexity index is 926. The fourth-order valence-electron chi connectivity index (χ4n) is 3.51. The Balaban J connectivity index is 1.58. The fourth-order valence-corrected chi connectivity index (χ4v) is 4.45. The van der Waals surface area contributed by atoms with E-state index in [2.05, 4.69) is 5.32 Å². The van der Waals surface area contributed by atoms with Crippen molar-refractivity contribution in [1.82, 2.24) is 4.90 Å². The molecule has 2 aromatic rings. The van der Waals surface area contributed by atoms with Gasteiger partial charge in [-0.25, -0.2) is 4.79 Å². The number of carbonyl (C=O) groups is 3. The van der Waals surface area contributed by atoms with Gasteiger partial charge in [0, 0.05) is 35.7 Å². The van der Waals surface area contributed by atoms with Gasteiger partial charge < -0.3 is 15.0 Å². The zero-order valence-corrected chi connectivity index (χ0v) is 16.7. The molecular formula is C22H22N2O4S. The van der Waals surface area contributed by atoms with Gasteiger partial charge in [-0.05, 0) is 31.0 Å². The van der Waals surface area contributed by atoms with Crippen LogP contribution in [0, 0.1) is 0 Å². The molecule has 1 atom stereocenters. The van der Waals surface area contributed by atoms with Gasteiger partial charge in [-0.1, -0.05) is 30.3 Å². The first-order valence-corrected chi connectivity index (χ1v) is 10.7. The van der Waals surface area contributed by atoms with Crippen LogP contribution in [0.3, 0.4) is 0 Å². The van der Waals surface area contributed by atoms with Crippen LogP contribution < -0.4 is 5.32 Å². The number of nitrogens with one attached hydrogen (secondary N) is 1. The summed E-state index contributed by atoms with van der Waals surface area (Å²) in [6.45, 7) is 1.36. The number of nitrogens with zero attached hydrogens (tertiary/aromatic N) is 1. The molecule has 7 heteroatoms. The van der Waals surface area contributed by atoms with Crippen molar-refractivity contribution in [3.8, 4) is 0 Å². The van der Waals surface area contributed by atoms with E-state index < -0.39 is 12.1 Å². The van der Waals surface area contributed by atoms with Gasteiger partial charge in [0.15, 0.2) is 0 Å². The first kappa shape index (κ1) is 19.5. The first-order chi connectivity index (χ1) is 14.1. The summed E-state index contributed by atoms with van der Waals surface area (Å²) in [6, 6.07) is 14.2. The Kier molecular flexibility index (Phi) is 5.85. The monoisotopic (exact) mass is 410 g/mol. The van der Waals surface area contributed by atoms with E-state index in [0.717, 1.165) is 17.7 Å². The highest BCUT2D eigenvalue weighted by molar-refractivity contribution is 7.99. The number of thioether (sulfide) groups is 1. The Hall–Kier alpha value is -2.80. The van der Waals surface area contributed by atoms with Gasteiger partial charge in [0.05, 0.1) is 11.3 Å². The molecule has 2 heterocycles. The Morgan fingerprint density at radius 1 is 1.07 bits per heavy atom. The Morgan fingerprint density at radius 3 is 2.59 bits per heavy atom. The van der Waals surface area contributed by atoms with Gasteiger partial charge in [0.25, 0.3) is 5.91 Å². The van der Waals surface area contributed by atoms with Gasteiger partial charge >= 0.3 is 5.97 Å². The molecule has 2 aliphatic heterocycles. The maximum absolute atomic E-state index is 13.0. The molecule has 1 fully saturated rings. The number of carbonyl (C=O) groups excluding carboxylic acids is 3. The summed E-state index contributed by atoms with van der Waals surface area (Å²) in [4.78, 5) is 40.4. The van der Waals surface area contributed by atoms with E-state index >= 15 is 0 Å². The van der Waals surface area contributed by atoms with Crippen LogP contribution in [0.15, 0.2) is 53.4 Å². The highest BCUT2D eigenvalue weighted by atomic mass is 32.2. The summed E-state index contributed by atoms with van der Waals surface area (Å²) in [5.41, 5.74) is 1.56. The average molecular weight is 410 g/mol. The quantitative estimate of drug-likeness (QED) is 0.779. The number of likely N-dealkylation sites (tertiary alicyclic amines) is 1. The molecule has 2 aromatic carbocycles. The predicted molar refractivity (Wildman–Crippen MR) is 111 cm³/mol. The van der Waals surface area contributed by atoms with E-state index in [0.29, 0.717) is 42.1 Å². The van der Waals surface area contributed by atoms with E-state index in [1.807, 2.05) is 24.3 Å². The number of benzene rings is 2. The molecule has 0 saturated carbocycles. The molecule has 0 aliphatic carbocycles. The third-order valence-corrected chi connectivity index (χ3v) is 6.12. The van der Waals surface area contributed by atoms with Crippen molar-refractivity contribution in [3.63, 3.8) is 0 Å². The Labute approximate surface area is 173 Å². The molecule has 6 nitrogen and oxygen atoms in total. The summed E-state index contributed by atoms with van der Waals surface area (Å²) in [7, 11) is 0. The van der Waals surface area contributed by atoms with Crippen LogP contribution in [0.1, 0.15) is 41.3 Å².